The van der Waals surface area contributed by atoms with Gasteiger partial charge in [0.2, 0.25) is 0 Å². The van der Waals surface area contributed by atoms with Gasteiger partial charge in [0.05, 0.1) is 6.54 Å². The van der Waals surface area contributed by atoms with Crippen LogP contribution in [-0.4, -0.2) is 22.1 Å². The third kappa shape index (κ3) is 0.971. The van der Waals surface area contributed by atoms with E-state index in [1.807, 2.05) is 0 Å². The molecule has 0 bridgehead atoms. The average Bonchev–Trinajstić information content (AvgIpc) is 2.42. The van der Waals surface area contributed by atoms with Gasteiger partial charge in [-0.1, -0.05) is 0 Å². The van der Waals surface area contributed by atoms with Gasteiger partial charge in [-0.25, -0.2) is 0 Å². The zero-order chi connectivity index (χ0) is 8.72. The second kappa shape index (κ2) is 2.60. The largest absolute Gasteiger partial charge is 0.371 e. The van der Waals surface area contributed by atoms with Crippen molar-refractivity contribution in [3.63, 3.8) is 0 Å². The minimum absolute atomic E-state index is 0.155. The van der Waals surface area contributed by atoms with E-state index in [1.54, 1.807) is 16.8 Å². The molecule has 0 aromatic carbocycles. The molecule has 1 aromatic heterocycles. The summed E-state index contributed by atoms with van der Waals surface area (Å²) in [7, 11) is 0. The summed E-state index contributed by atoms with van der Waals surface area (Å²) in [6, 6.07) is 1.74. The molecule has 1 unspecified atom stereocenters. The Kier molecular flexibility index (Phi) is 1.69. The molecule has 2 N–H and O–H groups in total. The fourth-order valence-corrected chi connectivity index (χ4v) is 1.77. The molecule has 4 nitrogen and oxygen atoms in total. The maximum absolute atomic E-state index is 11.2. The van der Waals surface area contributed by atoms with E-state index in [-0.39, 0.29) is 12.5 Å². The number of amides is 1. The number of aromatic nitrogens is 1. The molecule has 1 aliphatic rings. The molecule has 0 radical (unpaired) electrons. The number of carbonyl (C=O) groups is 1. The summed E-state index contributed by atoms with van der Waals surface area (Å²) in [5.74, 6) is -0.155. The number of carbonyl (C=O) groups excluding carboxylic acids is 1. The molecular formula is C7H7BrN2O2. The van der Waals surface area contributed by atoms with Crippen LogP contribution in [-0.2, 0) is 0 Å². The summed E-state index contributed by atoms with van der Waals surface area (Å²) in [6.07, 6.45) is 1.03. The topological polar surface area (TPSA) is 54.3 Å². The van der Waals surface area contributed by atoms with Crippen molar-refractivity contribution >= 4 is 21.8 Å². The molecule has 1 aliphatic heterocycles. The van der Waals surface area contributed by atoms with Gasteiger partial charge in [0.25, 0.3) is 5.91 Å². The fraction of sp³-hybridized carbons (Fsp3) is 0.286. The van der Waals surface area contributed by atoms with E-state index in [4.69, 9.17) is 0 Å². The number of β-amino-alcohol motifs (C(OH)–C–C–N with tert-alkyl or cyclic N) is 1. The second-order valence-electron chi connectivity index (χ2n) is 2.61. The molecule has 0 spiro atoms. The summed E-state index contributed by atoms with van der Waals surface area (Å²) in [4.78, 5) is 11.2. The van der Waals surface area contributed by atoms with E-state index in [1.165, 1.54) is 0 Å². The first kappa shape index (κ1) is 7.82. The number of nitrogens with one attached hydrogen (secondary N) is 1. The van der Waals surface area contributed by atoms with Crippen LogP contribution < -0.4 is 5.32 Å². The Bertz CT molecular complexity index is 334. The van der Waals surface area contributed by atoms with Gasteiger partial charge in [-0.3, -0.25) is 4.79 Å². The lowest BCUT2D eigenvalue weighted by molar-refractivity contribution is 0.0662. The molecule has 1 amide bonds. The highest BCUT2D eigenvalue weighted by Crippen LogP contribution is 2.23. The van der Waals surface area contributed by atoms with Gasteiger partial charge < -0.3 is 15.0 Å². The summed E-state index contributed by atoms with van der Waals surface area (Å²) in [5.41, 5.74) is 0.480. The molecule has 64 valence electrons. The molecule has 1 atom stereocenters. The number of nitrogens with zero attached hydrogens (tertiary/aromatic N) is 1. The highest BCUT2D eigenvalue weighted by Gasteiger charge is 2.24. The Labute approximate surface area is 77.3 Å². The van der Waals surface area contributed by atoms with E-state index >= 15 is 0 Å². The quantitative estimate of drug-likeness (QED) is 0.682. The molecule has 1 aromatic rings. The second-order valence-corrected chi connectivity index (χ2v) is 3.46. The molecule has 0 saturated carbocycles. The lowest BCUT2D eigenvalue weighted by Gasteiger charge is -2.21. The molecule has 0 aliphatic carbocycles. The standard InChI is InChI=1S/C7H7BrN2O2/c8-4-1-2-10-5(11)3-9-7(12)6(4)10/h1-2,5,11H,3H2,(H,9,12). The van der Waals surface area contributed by atoms with Gasteiger partial charge >= 0.3 is 0 Å². The third-order valence-corrected chi connectivity index (χ3v) is 2.49. The molecule has 2 rings (SSSR count). The van der Waals surface area contributed by atoms with Crippen molar-refractivity contribution in [2.24, 2.45) is 0 Å². The van der Waals surface area contributed by atoms with Crippen molar-refractivity contribution in [2.75, 3.05) is 6.54 Å². The van der Waals surface area contributed by atoms with Crippen molar-refractivity contribution in [1.82, 2.24) is 9.88 Å². The Morgan fingerprint density at radius 2 is 2.50 bits per heavy atom. The average molecular weight is 231 g/mol. The first-order valence-corrected chi connectivity index (χ1v) is 4.32. The van der Waals surface area contributed by atoms with Gasteiger partial charge in [-0.2, -0.15) is 0 Å². The zero-order valence-electron chi connectivity index (χ0n) is 6.12. The van der Waals surface area contributed by atoms with E-state index in [0.29, 0.717) is 10.2 Å². The molecule has 5 heteroatoms. The minimum Gasteiger partial charge on any atom is -0.371 e. The number of aliphatic hydroxyl groups excluding tert-OH is 1. The van der Waals surface area contributed by atoms with E-state index < -0.39 is 6.23 Å². The zero-order valence-corrected chi connectivity index (χ0v) is 7.71. The first-order valence-electron chi connectivity index (χ1n) is 3.53. The van der Waals surface area contributed by atoms with Crippen molar-refractivity contribution in [3.05, 3.63) is 22.4 Å². The lowest BCUT2D eigenvalue weighted by Crippen LogP contribution is -2.38. The van der Waals surface area contributed by atoms with E-state index in [0.717, 1.165) is 0 Å². The molecule has 12 heavy (non-hydrogen) atoms. The summed E-state index contributed by atoms with van der Waals surface area (Å²) in [6.45, 7) is 0.271. The number of hydrogen-bond acceptors (Lipinski definition) is 2. The van der Waals surface area contributed by atoms with Crippen LogP contribution in [0.25, 0.3) is 0 Å². The van der Waals surface area contributed by atoms with Gasteiger partial charge in [-0.05, 0) is 22.0 Å². The SMILES string of the molecule is O=C1NCC(O)n2ccc(Br)c21. The van der Waals surface area contributed by atoms with Gasteiger partial charge in [0.1, 0.15) is 11.9 Å². The summed E-state index contributed by atoms with van der Waals surface area (Å²) < 4.78 is 2.25. The van der Waals surface area contributed by atoms with Gasteiger partial charge in [0, 0.05) is 10.7 Å². The normalized spacial score (nSPS) is 21.8. The highest BCUT2D eigenvalue weighted by molar-refractivity contribution is 9.10. The maximum atomic E-state index is 11.2. The number of rotatable bonds is 0. The maximum Gasteiger partial charge on any atom is 0.269 e. The molecular weight excluding hydrogens is 224 g/mol. The van der Waals surface area contributed by atoms with Crippen LogP contribution in [0, 0.1) is 0 Å². The van der Waals surface area contributed by atoms with Crippen LogP contribution in [0.15, 0.2) is 16.7 Å². The van der Waals surface area contributed by atoms with Gasteiger partial charge in [0.15, 0.2) is 0 Å². The molecule has 0 fully saturated rings. The van der Waals surface area contributed by atoms with Gasteiger partial charge in [-0.15, -0.1) is 0 Å². The number of fused-ring (bicyclic) bond motifs is 1. The predicted octanol–water partition coefficient (Wildman–Crippen LogP) is 0.485. The van der Waals surface area contributed by atoms with Crippen molar-refractivity contribution in [3.8, 4) is 0 Å². The smallest absolute Gasteiger partial charge is 0.269 e. The number of aliphatic hydroxyl groups is 1. The van der Waals surface area contributed by atoms with Crippen LogP contribution in [0.3, 0.4) is 0 Å². The summed E-state index contributed by atoms with van der Waals surface area (Å²) >= 11 is 3.23. The third-order valence-electron chi connectivity index (χ3n) is 1.85. The lowest BCUT2D eigenvalue weighted by atomic mass is 10.3. The Morgan fingerprint density at radius 1 is 1.75 bits per heavy atom. The van der Waals surface area contributed by atoms with Crippen LogP contribution in [0.5, 0.6) is 0 Å². The van der Waals surface area contributed by atoms with Crippen LogP contribution in [0.2, 0.25) is 0 Å². The number of halogens is 1. The van der Waals surface area contributed by atoms with E-state index in [9.17, 15) is 9.90 Å². The minimum atomic E-state index is -0.649. The molecule has 2 heterocycles. The fourth-order valence-electron chi connectivity index (χ4n) is 1.26. The van der Waals surface area contributed by atoms with Crippen LogP contribution in [0.1, 0.15) is 16.7 Å². The van der Waals surface area contributed by atoms with Crippen LogP contribution >= 0.6 is 15.9 Å². The molecule has 0 saturated heterocycles. The Balaban J connectivity index is 2.57. The monoisotopic (exact) mass is 230 g/mol. The van der Waals surface area contributed by atoms with Crippen molar-refractivity contribution in [1.29, 1.82) is 0 Å². The Morgan fingerprint density at radius 3 is 3.17 bits per heavy atom. The van der Waals surface area contributed by atoms with Crippen molar-refractivity contribution in [2.45, 2.75) is 6.23 Å². The Hall–Kier alpha value is -0.810. The number of hydrogen-bond donors (Lipinski definition) is 2. The highest BCUT2D eigenvalue weighted by atomic mass is 79.9. The first-order chi connectivity index (χ1) is 5.70. The van der Waals surface area contributed by atoms with Crippen molar-refractivity contribution < 1.29 is 9.90 Å². The van der Waals surface area contributed by atoms with E-state index in [2.05, 4.69) is 21.2 Å². The predicted molar refractivity (Wildman–Crippen MR) is 45.7 cm³/mol. The van der Waals surface area contributed by atoms with Crippen LogP contribution in [0.4, 0.5) is 0 Å². The summed E-state index contributed by atoms with van der Waals surface area (Å²) in [5, 5.41) is 12.0.